The van der Waals surface area contributed by atoms with Gasteiger partial charge in [-0.25, -0.2) is 0 Å². The van der Waals surface area contributed by atoms with Crippen molar-refractivity contribution >= 4 is 17.3 Å². The van der Waals surface area contributed by atoms with Crippen LogP contribution in [0.4, 0.5) is 0 Å². The Morgan fingerprint density at radius 2 is 2.15 bits per heavy atom. The summed E-state index contributed by atoms with van der Waals surface area (Å²) in [5, 5.41) is 7.50. The molecule has 110 valence electrons. The molecule has 0 radical (unpaired) electrons. The predicted molar refractivity (Wildman–Crippen MR) is 88.8 cm³/mol. The van der Waals surface area contributed by atoms with Gasteiger partial charge in [-0.15, -0.1) is 0 Å². The molecule has 3 nitrogen and oxygen atoms in total. The molecule has 1 unspecified atom stereocenters. The van der Waals surface area contributed by atoms with Gasteiger partial charge in [0.05, 0.1) is 0 Å². The molecule has 0 aliphatic carbocycles. The van der Waals surface area contributed by atoms with Gasteiger partial charge in [0, 0.05) is 25.7 Å². The Morgan fingerprint density at radius 1 is 1.35 bits per heavy atom. The summed E-state index contributed by atoms with van der Waals surface area (Å²) < 4.78 is 0. The Morgan fingerprint density at radius 3 is 2.90 bits per heavy atom. The molecule has 1 aliphatic rings. The number of nitrogens with zero attached hydrogens (tertiary/aromatic N) is 1. The van der Waals surface area contributed by atoms with E-state index in [1.54, 1.807) is 0 Å². The molecule has 1 saturated heterocycles. The van der Waals surface area contributed by atoms with Crippen LogP contribution >= 0.6 is 12.2 Å². The van der Waals surface area contributed by atoms with Crippen LogP contribution in [0.25, 0.3) is 0 Å². The normalized spacial score (nSPS) is 19.6. The third kappa shape index (κ3) is 5.10. The third-order valence-corrected chi connectivity index (χ3v) is 3.89. The lowest BCUT2D eigenvalue weighted by Gasteiger charge is -2.33. The van der Waals surface area contributed by atoms with Crippen molar-refractivity contribution in [3.63, 3.8) is 0 Å². The summed E-state index contributed by atoms with van der Waals surface area (Å²) in [5.41, 5.74) is 1.39. The second kappa shape index (κ2) is 8.22. The number of rotatable bonds is 5. The van der Waals surface area contributed by atoms with Crippen LogP contribution in [0.3, 0.4) is 0 Å². The highest BCUT2D eigenvalue weighted by Gasteiger charge is 2.20. The number of likely N-dealkylation sites (tertiary alicyclic amines) is 1. The maximum Gasteiger partial charge on any atom is 0.166 e. The Bertz CT molecular complexity index is 407. The zero-order valence-electron chi connectivity index (χ0n) is 12.3. The number of thiocarbonyl (C=S) groups is 1. The molecule has 4 heteroatoms. The topological polar surface area (TPSA) is 27.3 Å². The molecule has 2 N–H and O–H groups in total. The van der Waals surface area contributed by atoms with E-state index < -0.39 is 0 Å². The summed E-state index contributed by atoms with van der Waals surface area (Å²) in [7, 11) is 0. The summed E-state index contributed by atoms with van der Waals surface area (Å²) in [5.74, 6) is 0. The van der Waals surface area contributed by atoms with Crippen molar-refractivity contribution in [3.8, 4) is 0 Å². The van der Waals surface area contributed by atoms with Crippen molar-refractivity contribution in [1.29, 1.82) is 0 Å². The molecule has 1 aromatic rings. The maximum absolute atomic E-state index is 5.33. The minimum absolute atomic E-state index is 0.476. The molecule has 1 fully saturated rings. The number of piperidine rings is 1. The molecule has 0 bridgehead atoms. The van der Waals surface area contributed by atoms with Crippen molar-refractivity contribution < 1.29 is 0 Å². The van der Waals surface area contributed by atoms with Crippen LogP contribution in [0.1, 0.15) is 31.7 Å². The van der Waals surface area contributed by atoms with Crippen LogP contribution in [0.2, 0.25) is 0 Å². The van der Waals surface area contributed by atoms with Crippen LogP contribution < -0.4 is 10.6 Å². The van der Waals surface area contributed by atoms with Crippen LogP contribution in [-0.4, -0.2) is 35.7 Å². The molecule has 1 atom stereocenters. The quantitative estimate of drug-likeness (QED) is 0.815. The Balaban J connectivity index is 1.78. The van der Waals surface area contributed by atoms with Crippen molar-refractivity contribution in [2.24, 2.45) is 0 Å². The largest absolute Gasteiger partial charge is 0.363 e. The Labute approximate surface area is 127 Å². The molecule has 0 aromatic heterocycles. The lowest BCUT2D eigenvalue weighted by Crippen LogP contribution is -2.50. The number of benzene rings is 1. The van der Waals surface area contributed by atoms with Crippen molar-refractivity contribution in [2.75, 3.05) is 19.6 Å². The van der Waals surface area contributed by atoms with E-state index in [2.05, 4.69) is 52.8 Å². The minimum Gasteiger partial charge on any atom is -0.363 e. The zero-order chi connectivity index (χ0) is 14.2. The van der Waals surface area contributed by atoms with E-state index in [4.69, 9.17) is 12.2 Å². The van der Waals surface area contributed by atoms with E-state index >= 15 is 0 Å². The van der Waals surface area contributed by atoms with E-state index in [1.165, 1.54) is 24.9 Å². The van der Waals surface area contributed by atoms with Gasteiger partial charge in [0.1, 0.15) is 0 Å². The van der Waals surface area contributed by atoms with Crippen LogP contribution in [0.5, 0.6) is 0 Å². The third-order valence-electron chi connectivity index (χ3n) is 3.63. The number of nitrogens with one attached hydrogen (secondary N) is 2. The molecular weight excluding hydrogens is 266 g/mol. The van der Waals surface area contributed by atoms with Gasteiger partial charge in [0.25, 0.3) is 0 Å². The number of hydrogen-bond acceptors (Lipinski definition) is 2. The lowest BCUT2D eigenvalue weighted by atomic mass is 10.0. The first-order chi connectivity index (χ1) is 9.78. The van der Waals surface area contributed by atoms with Gasteiger partial charge >= 0.3 is 0 Å². The average molecular weight is 291 g/mol. The molecule has 1 aliphatic heterocycles. The monoisotopic (exact) mass is 291 g/mol. The first-order valence-corrected chi connectivity index (χ1v) is 7.99. The number of hydrogen-bond donors (Lipinski definition) is 2. The smallest absolute Gasteiger partial charge is 0.166 e. The molecular formula is C16H25N3S. The highest BCUT2D eigenvalue weighted by Crippen LogP contribution is 2.13. The van der Waals surface area contributed by atoms with Gasteiger partial charge in [0.2, 0.25) is 0 Å². The van der Waals surface area contributed by atoms with Crippen molar-refractivity contribution in [3.05, 3.63) is 35.9 Å². The Kier molecular flexibility index (Phi) is 6.27. The standard InChI is InChI=1S/C16H25N3S/c1-2-10-17-16(20)18-15-9-6-11-19(13-15)12-14-7-4-3-5-8-14/h3-5,7-8,15H,2,6,9-13H2,1H3,(H2,17,18,20). The van der Waals surface area contributed by atoms with Gasteiger partial charge in [-0.2, -0.15) is 0 Å². The fourth-order valence-electron chi connectivity index (χ4n) is 2.63. The van der Waals surface area contributed by atoms with E-state index in [1.807, 2.05) is 0 Å². The second-order valence-corrected chi connectivity index (χ2v) is 5.87. The van der Waals surface area contributed by atoms with Crippen LogP contribution in [-0.2, 0) is 6.54 Å². The van der Waals surface area contributed by atoms with Crippen LogP contribution in [0.15, 0.2) is 30.3 Å². The fourth-order valence-corrected chi connectivity index (χ4v) is 2.90. The van der Waals surface area contributed by atoms with Crippen molar-refractivity contribution in [1.82, 2.24) is 15.5 Å². The minimum atomic E-state index is 0.476. The molecule has 1 heterocycles. The van der Waals surface area contributed by atoms with Gasteiger partial charge < -0.3 is 10.6 Å². The molecule has 0 saturated carbocycles. The molecule has 2 rings (SSSR count). The van der Waals surface area contributed by atoms with E-state index in [0.29, 0.717) is 6.04 Å². The van der Waals surface area contributed by atoms with Gasteiger partial charge in [-0.1, -0.05) is 37.3 Å². The summed E-state index contributed by atoms with van der Waals surface area (Å²) in [6.45, 7) is 6.39. The molecule has 0 spiro atoms. The first-order valence-electron chi connectivity index (χ1n) is 7.58. The summed E-state index contributed by atoms with van der Waals surface area (Å²) >= 11 is 5.33. The van der Waals surface area contributed by atoms with Gasteiger partial charge in [-0.05, 0) is 43.6 Å². The molecule has 0 amide bonds. The lowest BCUT2D eigenvalue weighted by molar-refractivity contribution is 0.193. The highest BCUT2D eigenvalue weighted by molar-refractivity contribution is 7.80. The molecule has 20 heavy (non-hydrogen) atoms. The van der Waals surface area contributed by atoms with Gasteiger partial charge in [0.15, 0.2) is 5.11 Å². The van der Waals surface area contributed by atoms with E-state index in [9.17, 15) is 0 Å². The molecule has 1 aromatic carbocycles. The highest BCUT2D eigenvalue weighted by atomic mass is 32.1. The van der Waals surface area contributed by atoms with Crippen LogP contribution in [0, 0.1) is 0 Å². The van der Waals surface area contributed by atoms with E-state index in [-0.39, 0.29) is 0 Å². The first kappa shape index (κ1) is 15.3. The van der Waals surface area contributed by atoms with Gasteiger partial charge in [-0.3, -0.25) is 4.90 Å². The SMILES string of the molecule is CCCNC(=S)NC1CCCN(Cc2ccccc2)C1. The average Bonchev–Trinajstić information content (AvgIpc) is 2.46. The van der Waals surface area contributed by atoms with E-state index in [0.717, 1.165) is 31.2 Å². The maximum atomic E-state index is 5.33. The summed E-state index contributed by atoms with van der Waals surface area (Å²) in [6.07, 6.45) is 3.55. The fraction of sp³-hybridized carbons (Fsp3) is 0.562. The summed E-state index contributed by atoms with van der Waals surface area (Å²) in [4.78, 5) is 2.51. The summed E-state index contributed by atoms with van der Waals surface area (Å²) in [6, 6.07) is 11.2. The zero-order valence-corrected chi connectivity index (χ0v) is 13.1. The van der Waals surface area contributed by atoms with Crippen molar-refractivity contribution in [2.45, 2.75) is 38.8 Å². The predicted octanol–water partition coefficient (Wildman–Crippen LogP) is 2.53. The second-order valence-electron chi connectivity index (χ2n) is 5.46. The Hall–Kier alpha value is -1.13.